The predicted molar refractivity (Wildman–Crippen MR) is 155 cm³/mol. The van der Waals surface area contributed by atoms with Crippen LogP contribution in [0.3, 0.4) is 0 Å². The van der Waals surface area contributed by atoms with Crippen molar-refractivity contribution in [2.75, 3.05) is 0 Å². The van der Waals surface area contributed by atoms with Crippen LogP contribution in [0.4, 0.5) is 0 Å². The lowest BCUT2D eigenvalue weighted by molar-refractivity contribution is -0.346. The molecule has 14 nitrogen and oxygen atoms in total. The Morgan fingerprint density at radius 3 is 2.13 bits per heavy atom. The number of aliphatic hydroxyl groups excluding tert-OH is 4. The summed E-state index contributed by atoms with van der Waals surface area (Å²) in [6, 6.07) is 6.92. The highest BCUT2D eigenvalue weighted by Gasteiger charge is 2.49. The summed E-state index contributed by atoms with van der Waals surface area (Å²) in [5.41, 5.74) is -2.03. The smallest absolute Gasteiger partial charge is 0.348 e. The second-order valence-corrected chi connectivity index (χ2v) is 11.7. The van der Waals surface area contributed by atoms with Crippen LogP contribution in [-0.2, 0) is 14.2 Å². The van der Waals surface area contributed by atoms with Crippen molar-refractivity contribution in [3.05, 3.63) is 51.2 Å². The number of ether oxygens (including phenoxy) is 4. The number of aliphatic hydroxyl groups is 4. The van der Waals surface area contributed by atoms with Crippen molar-refractivity contribution in [3.8, 4) is 17.2 Å². The van der Waals surface area contributed by atoms with E-state index in [-0.39, 0.29) is 49.2 Å². The van der Waals surface area contributed by atoms with E-state index in [0.29, 0.717) is 0 Å². The number of phenols is 2. The van der Waals surface area contributed by atoms with Crippen molar-refractivity contribution < 1.29 is 58.4 Å². The molecule has 5 aromatic rings. The summed E-state index contributed by atoms with van der Waals surface area (Å²) in [6.07, 6.45) is -11.2. The van der Waals surface area contributed by atoms with Crippen LogP contribution in [0.15, 0.2) is 48.8 Å². The van der Waals surface area contributed by atoms with E-state index in [1.807, 2.05) is 0 Å². The normalized spacial score (nSPS) is 32.6. The van der Waals surface area contributed by atoms with E-state index < -0.39 is 84.0 Å². The SMILES string of the molecule is CC1O[C@H](OC2[C@H](Oc3cccc4c(O)c5c(=O)oc6ccc(O)c7c(=O)oc(c34)c5c67)OC(C)[C@H](O)[C@@H]2O)[C@H](O)C(C)[C@H]1O. The van der Waals surface area contributed by atoms with Gasteiger partial charge >= 0.3 is 11.3 Å². The van der Waals surface area contributed by atoms with Crippen molar-refractivity contribution in [2.24, 2.45) is 5.92 Å². The Morgan fingerprint density at radius 2 is 1.38 bits per heavy atom. The Kier molecular flexibility index (Phi) is 6.94. The van der Waals surface area contributed by atoms with Gasteiger partial charge in [-0.3, -0.25) is 0 Å². The molecule has 2 aliphatic heterocycles. The maximum Gasteiger partial charge on any atom is 0.348 e. The summed E-state index contributed by atoms with van der Waals surface area (Å²) >= 11 is 0. The van der Waals surface area contributed by atoms with E-state index >= 15 is 0 Å². The van der Waals surface area contributed by atoms with Crippen LogP contribution in [0.25, 0.3) is 43.5 Å². The monoisotopic (exact) mass is 626 g/mol. The molecule has 45 heavy (non-hydrogen) atoms. The van der Waals surface area contributed by atoms with Crippen molar-refractivity contribution >= 4 is 43.5 Å². The first-order valence-electron chi connectivity index (χ1n) is 14.4. The van der Waals surface area contributed by atoms with Crippen molar-refractivity contribution in [2.45, 2.75) is 76.1 Å². The van der Waals surface area contributed by atoms with E-state index in [1.165, 1.54) is 37.3 Å². The van der Waals surface area contributed by atoms with E-state index in [1.54, 1.807) is 13.8 Å². The minimum absolute atomic E-state index is 0.00856. The van der Waals surface area contributed by atoms with Crippen LogP contribution in [-0.4, -0.2) is 85.9 Å². The van der Waals surface area contributed by atoms with Crippen LogP contribution in [0, 0.1) is 5.92 Å². The molecule has 0 amide bonds. The standard InChI is InChI=1S/C31H30O14/c1-9-21(33)10(2)40-30(22(9)34)45-27-25(37)23(35)11(3)41-31(27)43-14-6-4-5-12-16(14)26-19-18-15(42-29(39)20(19)24(12)36)8-7-13(32)17(18)28(38)44-26/h4-11,21-23,25,27,30-37H,1-3H3/t9?,10?,11?,21-,22-,23+,25+,27?,30-,31+/m1/s1. The molecule has 0 radical (unpaired) electrons. The topological polar surface area (TPSA) is 219 Å². The second kappa shape index (κ2) is 10.5. The number of aromatic hydroxyl groups is 2. The molecule has 2 fully saturated rings. The fraction of sp³-hybridized carbons (Fsp3) is 0.419. The fourth-order valence-electron chi connectivity index (χ4n) is 6.38. The highest BCUT2D eigenvalue weighted by Crippen LogP contribution is 2.46. The number of phenolic OH excluding ortho intramolecular Hbond substituents is 2. The number of hydrogen-bond acceptors (Lipinski definition) is 14. The molecule has 0 bridgehead atoms. The maximum atomic E-state index is 13.2. The summed E-state index contributed by atoms with van der Waals surface area (Å²) in [4.78, 5) is 26.2. The van der Waals surface area contributed by atoms with Gasteiger partial charge in [0, 0.05) is 22.1 Å². The molecule has 2 aliphatic rings. The zero-order chi connectivity index (χ0) is 32.1. The molecule has 6 N–H and O–H groups in total. The lowest BCUT2D eigenvalue weighted by Gasteiger charge is -2.45. The number of rotatable bonds is 4. The zero-order valence-corrected chi connectivity index (χ0v) is 24.1. The van der Waals surface area contributed by atoms with Crippen LogP contribution in [0.5, 0.6) is 17.2 Å². The minimum atomic E-state index is -1.59. The predicted octanol–water partition coefficient (Wildman–Crippen LogP) is 1.39. The number of fused-ring (bicyclic) bond motifs is 2. The largest absolute Gasteiger partial charge is 0.507 e. The first-order valence-corrected chi connectivity index (χ1v) is 14.4. The Morgan fingerprint density at radius 1 is 0.689 bits per heavy atom. The van der Waals surface area contributed by atoms with E-state index in [0.717, 1.165) is 0 Å². The lowest BCUT2D eigenvalue weighted by Crippen LogP contribution is -2.62. The van der Waals surface area contributed by atoms with Gasteiger partial charge in [0.1, 0.15) is 51.9 Å². The Hall–Kier alpha value is -4.02. The highest BCUT2D eigenvalue weighted by molar-refractivity contribution is 6.29. The Balaban J connectivity index is 1.39. The molecule has 4 heterocycles. The van der Waals surface area contributed by atoms with Crippen LogP contribution >= 0.6 is 0 Å². The average Bonchev–Trinajstić information content (AvgIpc) is 3.01. The average molecular weight is 627 g/mol. The third-order valence-corrected chi connectivity index (χ3v) is 8.93. The molecule has 10 atom stereocenters. The fourth-order valence-corrected chi connectivity index (χ4v) is 6.38. The lowest BCUT2D eigenvalue weighted by atomic mass is 9.91. The molecule has 2 saturated heterocycles. The van der Waals surface area contributed by atoms with Crippen LogP contribution in [0.1, 0.15) is 20.8 Å². The van der Waals surface area contributed by atoms with Crippen molar-refractivity contribution in [1.29, 1.82) is 0 Å². The summed E-state index contributed by atoms with van der Waals surface area (Å²) < 4.78 is 34.8. The quantitative estimate of drug-likeness (QED) is 0.0944. The molecule has 14 heteroatoms. The van der Waals surface area contributed by atoms with Gasteiger partial charge in [0.2, 0.25) is 6.29 Å². The van der Waals surface area contributed by atoms with Gasteiger partial charge in [-0.2, -0.15) is 0 Å². The molecule has 4 unspecified atom stereocenters. The number of benzene rings is 3. The molecule has 2 aromatic heterocycles. The van der Waals surface area contributed by atoms with Gasteiger partial charge < -0.3 is 58.4 Å². The van der Waals surface area contributed by atoms with E-state index in [2.05, 4.69) is 0 Å². The summed E-state index contributed by atoms with van der Waals surface area (Å²) in [5.74, 6) is -1.61. The first kappa shape index (κ1) is 29.7. The van der Waals surface area contributed by atoms with Gasteiger partial charge in [-0.25, -0.2) is 9.59 Å². The van der Waals surface area contributed by atoms with Gasteiger partial charge in [0.15, 0.2) is 18.0 Å². The molecular weight excluding hydrogens is 596 g/mol. The summed E-state index contributed by atoms with van der Waals surface area (Å²) in [6.45, 7) is 4.70. The van der Waals surface area contributed by atoms with Gasteiger partial charge in [0.25, 0.3) is 0 Å². The Bertz CT molecular complexity index is 2050. The molecule has 3 aromatic carbocycles. The third-order valence-electron chi connectivity index (χ3n) is 8.93. The Labute approximate surface area is 252 Å². The number of hydrogen-bond donors (Lipinski definition) is 6. The minimum Gasteiger partial charge on any atom is -0.507 e. The maximum absolute atomic E-state index is 13.2. The molecular formula is C31H30O14. The van der Waals surface area contributed by atoms with Crippen LogP contribution < -0.4 is 16.0 Å². The van der Waals surface area contributed by atoms with Gasteiger partial charge in [0.05, 0.1) is 23.7 Å². The van der Waals surface area contributed by atoms with Crippen LogP contribution in [0.2, 0.25) is 0 Å². The highest BCUT2D eigenvalue weighted by atomic mass is 16.8. The van der Waals surface area contributed by atoms with Gasteiger partial charge in [-0.05, 0) is 32.0 Å². The third kappa shape index (κ3) is 4.36. The second-order valence-electron chi connectivity index (χ2n) is 11.7. The molecule has 0 aliphatic carbocycles. The van der Waals surface area contributed by atoms with Crippen molar-refractivity contribution in [1.82, 2.24) is 0 Å². The van der Waals surface area contributed by atoms with Gasteiger partial charge in [-0.15, -0.1) is 0 Å². The summed E-state index contributed by atoms with van der Waals surface area (Å²) in [5, 5.41) is 64.2. The first-order chi connectivity index (χ1) is 21.4. The molecule has 238 valence electrons. The van der Waals surface area contributed by atoms with E-state index in [9.17, 15) is 40.2 Å². The summed E-state index contributed by atoms with van der Waals surface area (Å²) in [7, 11) is 0. The molecule has 0 spiro atoms. The molecule has 7 rings (SSSR count). The van der Waals surface area contributed by atoms with Gasteiger partial charge in [-0.1, -0.05) is 19.1 Å². The van der Waals surface area contributed by atoms with E-state index in [4.69, 9.17) is 27.8 Å². The zero-order valence-electron chi connectivity index (χ0n) is 24.1. The molecule has 0 saturated carbocycles. The van der Waals surface area contributed by atoms with Crippen molar-refractivity contribution in [3.63, 3.8) is 0 Å².